The van der Waals surface area contributed by atoms with Crippen LogP contribution in [0.2, 0.25) is 5.02 Å². The van der Waals surface area contributed by atoms with Gasteiger partial charge in [-0.1, -0.05) is 42.8 Å². The number of carbonyl (C=O) groups is 1. The van der Waals surface area contributed by atoms with Crippen LogP contribution in [-0.4, -0.2) is 26.6 Å². The van der Waals surface area contributed by atoms with Crippen molar-refractivity contribution in [3.05, 3.63) is 64.2 Å². The number of sulfonamides is 1. The molecule has 0 bridgehead atoms. The van der Waals surface area contributed by atoms with Gasteiger partial charge in [-0.25, -0.2) is 8.42 Å². The molecule has 0 aromatic heterocycles. The van der Waals surface area contributed by atoms with Crippen molar-refractivity contribution in [2.24, 2.45) is 0 Å². The van der Waals surface area contributed by atoms with Crippen molar-refractivity contribution in [1.29, 1.82) is 0 Å². The van der Waals surface area contributed by atoms with E-state index in [1.165, 1.54) is 11.6 Å². The summed E-state index contributed by atoms with van der Waals surface area (Å²) in [4.78, 5) is 12.9. The molecule has 0 saturated carbocycles. The molecule has 5 nitrogen and oxygen atoms in total. The first kappa shape index (κ1) is 22.2. The minimum absolute atomic E-state index is 0.199. The van der Waals surface area contributed by atoms with Crippen LogP contribution in [0, 0.1) is 13.8 Å². The average molecular weight is 423 g/mol. The number of benzene rings is 2. The van der Waals surface area contributed by atoms with Crippen LogP contribution in [0.4, 0.5) is 5.69 Å². The Balaban J connectivity index is 2.30. The largest absolute Gasteiger partial charge is 0.347 e. The van der Waals surface area contributed by atoms with Gasteiger partial charge < -0.3 is 5.32 Å². The second-order valence-corrected chi connectivity index (χ2v) is 9.32. The molecular weight excluding hydrogens is 396 g/mol. The zero-order chi connectivity index (χ0) is 21.1. The first-order valence-corrected chi connectivity index (χ1v) is 11.4. The molecule has 0 fully saturated rings. The Bertz CT molecular complexity index is 960. The van der Waals surface area contributed by atoms with Crippen molar-refractivity contribution in [3.63, 3.8) is 0 Å². The number of aryl methyl sites for hydroxylation is 2. The normalized spacial score (nSPS) is 13.6. The summed E-state index contributed by atoms with van der Waals surface area (Å²) in [5.74, 6) is -0.365. The molecule has 1 N–H and O–H groups in total. The van der Waals surface area contributed by atoms with Gasteiger partial charge in [-0.15, -0.1) is 0 Å². The van der Waals surface area contributed by atoms with Crippen molar-refractivity contribution in [3.8, 4) is 0 Å². The topological polar surface area (TPSA) is 66.5 Å². The SMILES string of the molecule is CC[C@H](NC(=O)[C@H](C)N(c1cccc(Cl)c1)S(C)(=O)=O)c1ccc(C)c(C)c1. The number of carbonyl (C=O) groups excluding carboxylic acids is 1. The van der Waals surface area contributed by atoms with Crippen LogP contribution in [0.15, 0.2) is 42.5 Å². The van der Waals surface area contributed by atoms with Gasteiger partial charge in [-0.3, -0.25) is 9.10 Å². The monoisotopic (exact) mass is 422 g/mol. The molecular formula is C21H27ClN2O3S. The standard InChI is InChI=1S/C21H27ClN2O3S/c1-6-20(17-11-10-14(2)15(3)12-17)23-21(25)16(4)24(28(5,26)27)19-9-7-8-18(22)13-19/h7-13,16,20H,6H2,1-5H3,(H,23,25)/t16-,20-/m0/s1. The van der Waals surface area contributed by atoms with Gasteiger partial charge in [0.25, 0.3) is 0 Å². The minimum Gasteiger partial charge on any atom is -0.347 e. The zero-order valence-corrected chi connectivity index (χ0v) is 18.4. The van der Waals surface area contributed by atoms with Gasteiger partial charge in [0.05, 0.1) is 18.0 Å². The minimum atomic E-state index is -3.68. The molecule has 2 rings (SSSR count). The van der Waals surface area contributed by atoms with E-state index in [1.807, 2.05) is 32.9 Å². The molecule has 0 spiro atoms. The number of anilines is 1. The van der Waals surface area contributed by atoms with E-state index in [-0.39, 0.29) is 11.9 Å². The van der Waals surface area contributed by atoms with Gasteiger partial charge in [0.15, 0.2) is 0 Å². The molecule has 0 saturated heterocycles. The third kappa shape index (κ3) is 5.26. The molecule has 1 amide bonds. The third-order valence-corrected chi connectivity index (χ3v) is 6.29. The molecule has 2 aromatic carbocycles. The predicted molar refractivity (Wildman–Crippen MR) is 115 cm³/mol. The summed E-state index contributed by atoms with van der Waals surface area (Å²) < 4.78 is 25.9. The highest BCUT2D eigenvalue weighted by molar-refractivity contribution is 7.92. The van der Waals surface area contributed by atoms with Crippen LogP contribution in [0.5, 0.6) is 0 Å². The molecule has 7 heteroatoms. The van der Waals surface area contributed by atoms with Crippen LogP contribution in [-0.2, 0) is 14.8 Å². The van der Waals surface area contributed by atoms with Crippen molar-refractivity contribution in [2.45, 2.75) is 46.2 Å². The van der Waals surface area contributed by atoms with E-state index in [4.69, 9.17) is 11.6 Å². The summed E-state index contributed by atoms with van der Waals surface area (Å²) in [6.07, 6.45) is 1.77. The Labute approximate surface area is 172 Å². The molecule has 2 atom stereocenters. The van der Waals surface area contributed by atoms with Crippen molar-refractivity contribution >= 4 is 33.2 Å². The lowest BCUT2D eigenvalue weighted by Gasteiger charge is -2.30. The summed E-state index contributed by atoms with van der Waals surface area (Å²) in [5.41, 5.74) is 3.69. The fourth-order valence-corrected chi connectivity index (χ4v) is 4.47. The van der Waals surface area contributed by atoms with Crippen molar-refractivity contribution in [1.82, 2.24) is 5.32 Å². The fourth-order valence-electron chi connectivity index (χ4n) is 3.12. The molecule has 0 unspecified atom stereocenters. The molecule has 0 aliphatic carbocycles. The van der Waals surface area contributed by atoms with Gasteiger partial charge in [0.1, 0.15) is 6.04 Å². The second-order valence-electron chi connectivity index (χ2n) is 7.03. The quantitative estimate of drug-likeness (QED) is 0.720. The fraction of sp³-hybridized carbons (Fsp3) is 0.381. The first-order valence-electron chi connectivity index (χ1n) is 9.17. The van der Waals surface area contributed by atoms with Gasteiger partial charge in [0.2, 0.25) is 15.9 Å². The lowest BCUT2D eigenvalue weighted by atomic mass is 9.99. The van der Waals surface area contributed by atoms with Gasteiger partial charge in [-0.2, -0.15) is 0 Å². The van der Waals surface area contributed by atoms with Crippen LogP contribution in [0.3, 0.4) is 0 Å². The number of nitrogens with zero attached hydrogens (tertiary/aromatic N) is 1. The number of hydrogen-bond acceptors (Lipinski definition) is 3. The lowest BCUT2D eigenvalue weighted by molar-refractivity contribution is -0.122. The molecule has 0 aliphatic rings. The summed E-state index contributed by atoms with van der Waals surface area (Å²) in [6, 6.07) is 11.4. The van der Waals surface area contributed by atoms with E-state index >= 15 is 0 Å². The highest BCUT2D eigenvalue weighted by atomic mass is 35.5. The molecule has 0 radical (unpaired) electrons. The van der Waals surface area contributed by atoms with Crippen LogP contribution in [0.1, 0.15) is 43.0 Å². The van der Waals surface area contributed by atoms with E-state index in [0.29, 0.717) is 17.1 Å². The summed E-state index contributed by atoms with van der Waals surface area (Å²) in [6.45, 7) is 7.62. The number of halogens is 1. The number of nitrogens with one attached hydrogen (secondary N) is 1. The maximum absolute atomic E-state index is 12.9. The molecule has 152 valence electrons. The Kier molecular flexibility index (Phi) is 7.12. The zero-order valence-electron chi connectivity index (χ0n) is 16.9. The second kappa shape index (κ2) is 8.97. The van der Waals surface area contributed by atoms with E-state index in [0.717, 1.165) is 21.7 Å². The van der Waals surface area contributed by atoms with Crippen molar-refractivity contribution in [2.75, 3.05) is 10.6 Å². The predicted octanol–water partition coefficient (Wildman–Crippen LogP) is 4.38. The van der Waals surface area contributed by atoms with Crippen LogP contribution in [0.25, 0.3) is 0 Å². The number of amides is 1. The van der Waals surface area contributed by atoms with Crippen molar-refractivity contribution < 1.29 is 13.2 Å². The van der Waals surface area contributed by atoms with E-state index in [1.54, 1.807) is 25.1 Å². The Morgan fingerprint density at radius 2 is 1.82 bits per heavy atom. The van der Waals surface area contributed by atoms with Gasteiger partial charge in [-0.05, 0) is 62.1 Å². The highest BCUT2D eigenvalue weighted by Gasteiger charge is 2.30. The molecule has 28 heavy (non-hydrogen) atoms. The first-order chi connectivity index (χ1) is 13.0. The summed E-state index contributed by atoms with van der Waals surface area (Å²) >= 11 is 6.02. The van der Waals surface area contributed by atoms with Gasteiger partial charge >= 0.3 is 0 Å². The Morgan fingerprint density at radius 1 is 1.14 bits per heavy atom. The lowest BCUT2D eigenvalue weighted by Crippen LogP contribution is -2.48. The third-order valence-electron chi connectivity index (χ3n) is 4.81. The Hall–Kier alpha value is -2.05. The van der Waals surface area contributed by atoms with Crippen LogP contribution >= 0.6 is 11.6 Å². The van der Waals surface area contributed by atoms with E-state index < -0.39 is 16.1 Å². The maximum Gasteiger partial charge on any atom is 0.244 e. The summed E-state index contributed by atoms with van der Waals surface area (Å²) in [5, 5.41) is 3.39. The number of hydrogen-bond donors (Lipinski definition) is 1. The molecule has 0 aliphatic heterocycles. The molecule has 0 heterocycles. The highest BCUT2D eigenvalue weighted by Crippen LogP contribution is 2.25. The number of rotatable bonds is 7. The smallest absolute Gasteiger partial charge is 0.244 e. The van der Waals surface area contributed by atoms with Gasteiger partial charge in [0, 0.05) is 5.02 Å². The molecule has 2 aromatic rings. The maximum atomic E-state index is 12.9. The van der Waals surface area contributed by atoms with E-state index in [9.17, 15) is 13.2 Å². The van der Waals surface area contributed by atoms with Crippen LogP contribution < -0.4 is 9.62 Å². The summed E-state index contributed by atoms with van der Waals surface area (Å²) in [7, 11) is -3.68. The van der Waals surface area contributed by atoms with E-state index in [2.05, 4.69) is 11.4 Å². The average Bonchev–Trinajstić information content (AvgIpc) is 2.60. The Morgan fingerprint density at radius 3 is 2.36 bits per heavy atom.